The Morgan fingerprint density at radius 1 is 0.857 bits per heavy atom. The summed E-state index contributed by atoms with van der Waals surface area (Å²) in [6.07, 6.45) is 0.943. The second kappa shape index (κ2) is 15.4. The molecular formula is C32H40F2N2O6. The number of nitrogens with zero attached hydrogens (tertiary/aromatic N) is 2. The lowest BCUT2D eigenvalue weighted by Gasteiger charge is -2.28. The molecule has 2 amide bonds. The van der Waals surface area contributed by atoms with Crippen LogP contribution in [0, 0.1) is 17.3 Å². The van der Waals surface area contributed by atoms with Crippen molar-refractivity contribution in [1.29, 1.82) is 0 Å². The van der Waals surface area contributed by atoms with Crippen LogP contribution in [-0.4, -0.2) is 66.3 Å². The number of hydrogen-bond donors (Lipinski definition) is 0. The van der Waals surface area contributed by atoms with Gasteiger partial charge in [-0.3, -0.25) is 23.2 Å². The topological polar surface area (TPSA) is 101 Å². The Morgan fingerprint density at radius 3 is 1.62 bits per heavy atom. The van der Waals surface area contributed by atoms with E-state index in [0.717, 1.165) is 11.1 Å². The molecule has 2 aromatic rings. The van der Waals surface area contributed by atoms with Crippen molar-refractivity contribution < 1.29 is 37.5 Å². The summed E-state index contributed by atoms with van der Waals surface area (Å²) in [5.74, 6) is -1.07. The second-order valence-electron chi connectivity index (χ2n) is 11.0. The zero-order valence-corrected chi connectivity index (χ0v) is 24.8. The Balaban J connectivity index is 0.000000269. The fourth-order valence-electron chi connectivity index (χ4n) is 5.57. The Bertz CT molecular complexity index is 1210. The van der Waals surface area contributed by atoms with Crippen LogP contribution in [0.4, 0.5) is 8.78 Å². The maximum Gasteiger partial charge on any atom is 0.373 e. The van der Waals surface area contributed by atoms with Crippen molar-refractivity contribution in [2.45, 2.75) is 58.7 Å². The van der Waals surface area contributed by atoms with E-state index in [1.54, 1.807) is 4.90 Å². The lowest BCUT2D eigenvalue weighted by Crippen LogP contribution is -2.44. The standard InChI is InChI=1S/C16H22FNO.C15H18FNO3.CO2/c1-4-16(3)14(10-17)11-18(15(16)19)12(2)13-8-6-5-7-9-13;1-11(12-6-4-3-5-7-12)17-9-13(8-16)15(2,14(17)19)20-10-18;2-1-3/h5-9,12,14H,4,10-11H2,1-3H3;3-7,10-11,13H,8-9H2,1-2H3;/t12-,14+,16+;11-,13+,15+;/m11./s1. The molecule has 0 spiro atoms. The number of likely N-dealkylation sites (tertiary alicyclic amines) is 2. The third-order valence-electron chi connectivity index (χ3n) is 8.85. The number of alkyl halides is 2. The van der Waals surface area contributed by atoms with E-state index in [-0.39, 0.29) is 49.0 Å². The van der Waals surface area contributed by atoms with Crippen LogP contribution in [0.5, 0.6) is 0 Å². The van der Waals surface area contributed by atoms with Crippen molar-refractivity contribution in [2.75, 3.05) is 26.4 Å². The minimum atomic E-state index is -1.40. The molecule has 0 unspecified atom stereocenters. The van der Waals surface area contributed by atoms with Crippen molar-refractivity contribution in [1.82, 2.24) is 9.80 Å². The summed E-state index contributed by atoms with van der Waals surface area (Å²) in [6, 6.07) is 19.3. The summed E-state index contributed by atoms with van der Waals surface area (Å²) < 4.78 is 31.3. The number of hydrogen-bond acceptors (Lipinski definition) is 6. The molecule has 10 heteroatoms. The van der Waals surface area contributed by atoms with Crippen molar-refractivity contribution in [3.63, 3.8) is 0 Å². The van der Waals surface area contributed by atoms with Crippen molar-refractivity contribution in [2.24, 2.45) is 17.3 Å². The van der Waals surface area contributed by atoms with Crippen LogP contribution in [0.3, 0.4) is 0 Å². The van der Waals surface area contributed by atoms with E-state index in [1.807, 2.05) is 93.3 Å². The molecule has 0 bridgehead atoms. The van der Waals surface area contributed by atoms with Crippen LogP contribution in [0.15, 0.2) is 60.7 Å². The van der Waals surface area contributed by atoms with Gasteiger partial charge in [0.25, 0.3) is 12.4 Å². The van der Waals surface area contributed by atoms with Crippen LogP contribution >= 0.6 is 0 Å². The summed E-state index contributed by atoms with van der Waals surface area (Å²) in [4.78, 5) is 55.3. The first-order chi connectivity index (χ1) is 20.0. The number of ether oxygens (including phenoxy) is 1. The van der Waals surface area contributed by atoms with Gasteiger partial charge in [0.15, 0.2) is 5.60 Å². The predicted octanol–water partition coefficient (Wildman–Crippen LogP) is 5.12. The molecule has 0 radical (unpaired) electrons. The summed E-state index contributed by atoms with van der Waals surface area (Å²) in [5, 5.41) is 0. The number of carbonyl (C=O) groups excluding carboxylic acids is 5. The third-order valence-corrected chi connectivity index (χ3v) is 8.85. The highest BCUT2D eigenvalue weighted by Crippen LogP contribution is 2.43. The molecule has 42 heavy (non-hydrogen) atoms. The molecule has 2 aliphatic heterocycles. The number of rotatable bonds is 9. The highest BCUT2D eigenvalue weighted by molar-refractivity contribution is 5.89. The maximum atomic E-state index is 13.2. The van der Waals surface area contributed by atoms with Crippen molar-refractivity contribution in [3.8, 4) is 0 Å². The van der Waals surface area contributed by atoms with E-state index >= 15 is 0 Å². The van der Waals surface area contributed by atoms with Gasteiger partial charge in [0, 0.05) is 19.0 Å². The van der Waals surface area contributed by atoms with E-state index in [2.05, 4.69) is 0 Å². The van der Waals surface area contributed by atoms with Crippen molar-refractivity contribution in [3.05, 3.63) is 71.8 Å². The predicted molar refractivity (Wildman–Crippen MR) is 151 cm³/mol. The molecule has 4 rings (SSSR count). The van der Waals surface area contributed by atoms with E-state index in [0.29, 0.717) is 13.0 Å². The van der Waals surface area contributed by atoms with Gasteiger partial charge in [0.2, 0.25) is 5.91 Å². The molecule has 0 N–H and O–H groups in total. The van der Waals surface area contributed by atoms with E-state index < -0.39 is 30.3 Å². The molecular weight excluding hydrogens is 546 g/mol. The molecule has 2 aliphatic rings. The summed E-state index contributed by atoms with van der Waals surface area (Å²) >= 11 is 0. The Kier molecular flexibility index (Phi) is 12.5. The average Bonchev–Trinajstić information content (AvgIpc) is 3.42. The Morgan fingerprint density at radius 2 is 1.26 bits per heavy atom. The molecule has 6 atom stereocenters. The molecule has 8 nitrogen and oxygen atoms in total. The first-order valence-electron chi connectivity index (χ1n) is 13.9. The molecule has 0 aliphatic carbocycles. The normalized spacial score (nSPS) is 26.3. The molecule has 228 valence electrons. The number of carbonyl (C=O) groups is 3. The zero-order valence-electron chi connectivity index (χ0n) is 24.8. The molecule has 0 saturated carbocycles. The fraction of sp³-hybridized carbons (Fsp3) is 0.500. The van der Waals surface area contributed by atoms with Gasteiger partial charge in [0.05, 0.1) is 36.8 Å². The molecule has 2 fully saturated rings. The Labute approximate surface area is 246 Å². The first-order valence-corrected chi connectivity index (χ1v) is 13.9. The van der Waals surface area contributed by atoms with Gasteiger partial charge in [-0.1, -0.05) is 74.5 Å². The van der Waals surface area contributed by atoms with Crippen LogP contribution in [0.2, 0.25) is 0 Å². The first kappa shape index (κ1) is 34.3. The highest BCUT2D eigenvalue weighted by atomic mass is 19.1. The molecule has 0 aromatic heterocycles. The number of benzene rings is 2. The number of halogens is 2. The smallest absolute Gasteiger partial charge is 0.373 e. The summed E-state index contributed by atoms with van der Waals surface area (Å²) in [6.45, 7) is 9.12. The van der Waals surface area contributed by atoms with Gasteiger partial charge in [0.1, 0.15) is 0 Å². The zero-order chi connectivity index (χ0) is 31.5. The van der Waals surface area contributed by atoms with Gasteiger partial charge in [-0.2, -0.15) is 9.59 Å². The van der Waals surface area contributed by atoms with Gasteiger partial charge in [-0.25, -0.2) is 0 Å². The summed E-state index contributed by atoms with van der Waals surface area (Å²) in [7, 11) is 0. The lowest BCUT2D eigenvalue weighted by molar-refractivity contribution is -0.191. The van der Waals surface area contributed by atoms with Gasteiger partial charge in [-0.15, -0.1) is 0 Å². The fourth-order valence-corrected chi connectivity index (χ4v) is 5.57. The molecule has 2 aromatic carbocycles. The summed E-state index contributed by atoms with van der Waals surface area (Å²) in [5.41, 5.74) is 0.125. The monoisotopic (exact) mass is 586 g/mol. The largest absolute Gasteiger partial charge is 0.451 e. The number of amides is 2. The minimum Gasteiger partial charge on any atom is -0.451 e. The van der Waals surface area contributed by atoms with Crippen LogP contribution in [-0.2, 0) is 28.7 Å². The van der Waals surface area contributed by atoms with Gasteiger partial charge < -0.3 is 14.5 Å². The van der Waals surface area contributed by atoms with Crippen LogP contribution in [0.25, 0.3) is 0 Å². The van der Waals surface area contributed by atoms with Crippen LogP contribution < -0.4 is 0 Å². The lowest BCUT2D eigenvalue weighted by atomic mass is 9.78. The van der Waals surface area contributed by atoms with Crippen molar-refractivity contribution >= 4 is 24.4 Å². The van der Waals surface area contributed by atoms with Crippen LogP contribution in [0.1, 0.15) is 64.3 Å². The maximum absolute atomic E-state index is 13.2. The highest BCUT2D eigenvalue weighted by Gasteiger charge is 2.54. The van der Waals surface area contributed by atoms with Gasteiger partial charge >= 0.3 is 6.15 Å². The quantitative estimate of drug-likeness (QED) is 0.379. The average molecular weight is 587 g/mol. The third kappa shape index (κ3) is 7.10. The molecule has 2 saturated heterocycles. The minimum absolute atomic E-state index is 0.0103. The van der Waals surface area contributed by atoms with Gasteiger partial charge in [-0.05, 0) is 38.3 Å². The van der Waals surface area contributed by atoms with E-state index in [4.69, 9.17) is 14.3 Å². The van der Waals surface area contributed by atoms with E-state index in [9.17, 15) is 23.2 Å². The Hall–Kier alpha value is -3.91. The molecule has 2 heterocycles. The SMILES string of the molecule is CC[C@]1(C)C(=O)N([C@H](C)c2ccccc2)C[C@@H]1CF.C[C@H](c1ccccc1)N1C[C@H](CF)[C@](C)(OC=O)C1=O.O=C=O. The second-order valence-corrected chi connectivity index (χ2v) is 11.0. The van der Waals surface area contributed by atoms with E-state index in [1.165, 1.54) is 6.92 Å².